The summed E-state index contributed by atoms with van der Waals surface area (Å²) >= 11 is 0. The third kappa shape index (κ3) is 8.05. The molecule has 0 saturated heterocycles. The van der Waals surface area contributed by atoms with E-state index in [0.29, 0.717) is 6.61 Å². The minimum absolute atomic E-state index is 0.121. The van der Waals surface area contributed by atoms with Gasteiger partial charge in [-0.05, 0) is 55.0 Å². The van der Waals surface area contributed by atoms with E-state index in [1.165, 1.54) is 19.3 Å². The largest absolute Gasteiger partial charge is 0.494 e. The highest BCUT2D eigenvalue weighted by Crippen LogP contribution is 2.22. The van der Waals surface area contributed by atoms with Crippen molar-refractivity contribution in [1.82, 2.24) is 0 Å². The van der Waals surface area contributed by atoms with E-state index in [1.54, 1.807) is 0 Å². The Balaban J connectivity index is 1.42. The van der Waals surface area contributed by atoms with Crippen LogP contribution in [0.25, 0.3) is 0 Å². The normalized spacial score (nSPS) is 10.4. The van der Waals surface area contributed by atoms with Crippen LogP contribution in [0.1, 0.15) is 32.6 Å². The average Bonchev–Trinajstić information content (AvgIpc) is 2.79. The second-order valence-electron chi connectivity index (χ2n) is 7.28. The topological polar surface area (TPSA) is 59.6 Å². The molecule has 162 valence electrons. The monoisotopic (exact) mass is 418 g/mol. The van der Waals surface area contributed by atoms with Crippen LogP contribution < -0.4 is 20.1 Å². The highest BCUT2D eigenvalue weighted by molar-refractivity contribution is 5.93. The van der Waals surface area contributed by atoms with Crippen LogP contribution >= 0.6 is 0 Å². The number of amides is 1. The van der Waals surface area contributed by atoms with Gasteiger partial charge in [0.2, 0.25) is 5.91 Å². The average molecular weight is 419 g/mol. The Morgan fingerprint density at radius 2 is 1.52 bits per heavy atom. The van der Waals surface area contributed by atoms with Gasteiger partial charge in [0.15, 0.2) is 0 Å². The van der Waals surface area contributed by atoms with Gasteiger partial charge in [0.05, 0.1) is 13.2 Å². The number of ether oxygens (including phenoxy) is 2. The van der Waals surface area contributed by atoms with Crippen LogP contribution in [0.5, 0.6) is 17.2 Å². The van der Waals surface area contributed by atoms with Crippen molar-refractivity contribution in [3.8, 4) is 17.2 Å². The van der Waals surface area contributed by atoms with Gasteiger partial charge in [0.25, 0.3) is 0 Å². The van der Waals surface area contributed by atoms with Gasteiger partial charge in [0.1, 0.15) is 17.2 Å². The predicted octanol–water partition coefficient (Wildman–Crippen LogP) is 6.49. The van der Waals surface area contributed by atoms with Crippen LogP contribution in [-0.2, 0) is 4.79 Å². The molecule has 31 heavy (non-hydrogen) atoms. The summed E-state index contributed by atoms with van der Waals surface area (Å²) in [5, 5.41) is 6.03. The predicted molar refractivity (Wildman–Crippen MR) is 126 cm³/mol. The van der Waals surface area contributed by atoms with Gasteiger partial charge in [-0.25, -0.2) is 0 Å². The molecule has 0 aliphatic heterocycles. The van der Waals surface area contributed by atoms with Crippen LogP contribution in [0.3, 0.4) is 0 Å². The van der Waals surface area contributed by atoms with E-state index in [-0.39, 0.29) is 12.5 Å². The summed E-state index contributed by atoms with van der Waals surface area (Å²) in [4.78, 5) is 12.3. The number of hydrogen-bond acceptors (Lipinski definition) is 4. The third-order valence-corrected chi connectivity index (χ3v) is 4.67. The minimum Gasteiger partial charge on any atom is -0.494 e. The third-order valence-electron chi connectivity index (χ3n) is 4.67. The summed E-state index contributed by atoms with van der Waals surface area (Å²) in [6.45, 7) is 3.06. The molecule has 0 heterocycles. The van der Waals surface area contributed by atoms with Crippen LogP contribution in [0.15, 0.2) is 78.9 Å². The van der Waals surface area contributed by atoms with Crippen LogP contribution in [0.2, 0.25) is 0 Å². The van der Waals surface area contributed by atoms with E-state index >= 15 is 0 Å². The van der Waals surface area contributed by atoms with Gasteiger partial charge in [-0.1, -0.05) is 50.5 Å². The molecule has 0 fully saturated rings. The number of benzene rings is 3. The highest BCUT2D eigenvalue weighted by Gasteiger charge is 2.04. The summed E-state index contributed by atoms with van der Waals surface area (Å²) in [5.41, 5.74) is 1.57. The lowest BCUT2D eigenvalue weighted by Crippen LogP contribution is -2.21. The van der Waals surface area contributed by atoms with Crippen molar-refractivity contribution in [3.05, 3.63) is 78.9 Å². The molecule has 2 N–H and O–H groups in total. The van der Waals surface area contributed by atoms with Gasteiger partial charge < -0.3 is 20.1 Å². The van der Waals surface area contributed by atoms with Crippen molar-refractivity contribution >= 4 is 17.3 Å². The van der Waals surface area contributed by atoms with E-state index in [1.807, 2.05) is 78.9 Å². The van der Waals surface area contributed by atoms with Crippen LogP contribution in [0, 0.1) is 0 Å². The van der Waals surface area contributed by atoms with Crippen LogP contribution in [0.4, 0.5) is 11.4 Å². The zero-order chi connectivity index (χ0) is 21.7. The molecule has 0 aliphatic carbocycles. The molecule has 5 heteroatoms. The van der Waals surface area contributed by atoms with Gasteiger partial charge in [-0.2, -0.15) is 0 Å². The van der Waals surface area contributed by atoms with E-state index in [0.717, 1.165) is 35.0 Å². The number of carbonyl (C=O) groups is 1. The number of para-hydroxylation sites is 1. The molecule has 0 unspecified atom stereocenters. The van der Waals surface area contributed by atoms with Crippen molar-refractivity contribution in [1.29, 1.82) is 0 Å². The molecule has 0 spiro atoms. The van der Waals surface area contributed by atoms with Gasteiger partial charge in [-0.3, -0.25) is 4.79 Å². The quantitative estimate of drug-likeness (QED) is 0.330. The van der Waals surface area contributed by atoms with Gasteiger partial charge in [-0.15, -0.1) is 0 Å². The molecule has 3 rings (SSSR count). The Labute approximate surface area is 184 Å². The van der Waals surface area contributed by atoms with Crippen molar-refractivity contribution in [2.45, 2.75) is 32.6 Å². The minimum atomic E-state index is -0.121. The summed E-state index contributed by atoms with van der Waals surface area (Å²) in [7, 11) is 0. The fraction of sp³-hybridized carbons (Fsp3) is 0.269. The van der Waals surface area contributed by atoms with E-state index < -0.39 is 0 Å². The zero-order valence-electron chi connectivity index (χ0n) is 18.0. The molecule has 5 nitrogen and oxygen atoms in total. The molecule has 3 aromatic rings. The molecule has 0 saturated carbocycles. The first-order chi connectivity index (χ1) is 15.2. The Morgan fingerprint density at radius 3 is 2.29 bits per heavy atom. The summed E-state index contributed by atoms with van der Waals surface area (Å²) < 4.78 is 11.6. The number of unbranched alkanes of at least 4 members (excludes halogenated alkanes) is 3. The summed E-state index contributed by atoms with van der Waals surface area (Å²) in [5.74, 6) is 2.18. The van der Waals surface area contributed by atoms with E-state index in [9.17, 15) is 4.79 Å². The molecule has 3 aromatic carbocycles. The molecule has 0 bridgehead atoms. The lowest BCUT2D eigenvalue weighted by atomic mass is 10.2. The second-order valence-corrected chi connectivity index (χ2v) is 7.28. The maximum atomic E-state index is 12.3. The fourth-order valence-corrected chi connectivity index (χ4v) is 3.04. The Kier molecular flexibility index (Phi) is 8.80. The number of rotatable bonds is 12. The molecule has 0 aliphatic rings. The first-order valence-electron chi connectivity index (χ1n) is 10.8. The molecular formula is C26H30N2O3. The molecular weight excluding hydrogens is 388 g/mol. The number of nitrogens with one attached hydrogen (secondary N) is 2. The van der Waals surface area contributed by atoms with Crippen molar-refractivity contribution < 1.29 is 14.3 Å². The zero-order valence-corrected chi connectivity index (χ0v) is 18.0. The SMILES string of the molecule is CCCCCCOc1cccc(NC(=O)CNc2ccc(Oc3ccccc3)cc2)c1. The van der Waals surface area contributed by atoms with Crippen molar-refractivity contribution in [2.75, 3.05) is 23.8 Å². The standard InChI is InChI=1S/C26H30N2O3/c1-2-3-4-8-18-30-25-13-9-10-22(19-25)28-26(29)20-27-21-14-16-24(17-15-21)31-23-11-6-5-7-12-23/h5-7,9-17,19,27H,2-4,8,18,20H2,1H3,(H,28,29). The maximum absolute atomic E-state index is 12.3. The lowest BCUT2D eigenvalue weighted by Gasteiger charge is -2.11. The summed E-state index contributed by atoms with van der Waals surface area (Å²) in [6.07, 6.45) is 4.66. The highest BCUT2D eigenvalue weighted by atomic mass is 16.5. The van der Waals surface area contributed by atoms with E-state index in [4.69, 9.17) is 9.47 Å². The lowest BCUT2D eigenvalue weighted by molar-refractivity contribution is -0.114. The number of anilines is 2. The van der Waals surface area contributed by atoms with Crippen LogP contribution in [-0.4, -0.2) is 19.1 Å². The first-order valence-corrected chi connectivity index (χ1v) is 10.8. The number of carbonyl (C=O) groups excluding carboxylic acids is 1. The first kappa shape index (κ1) is 22.2. The van der Waals surface area contributed by atoms with E-state index in [2.05, 4.69) is 17.6 Å². The van der Waals surface area contributed by atoms with Crippen molar-refractivity contribution in [3.63, 3.8) is 0 Å². The molecule has 0 radical (unpaired) electrons. The van der Waals surface area contributed by atoms with Gasteiger partial charge >= 0.3 is 0 Å². The van der Waals surface area contributed by atoms with Gasteiger partial charge in [0, 0.05) is 17.4 Å². The summed E-state index contributed by atoms with van der Waals surface area (Å²) in [6, 6.07) is 24.6. The van der Waals surface area contributed by atoms with Crippen molar-refractivity contribution in [2.24, 2.45) is 0 Å². The second kappa shape index (κ2) is 12.3. The Morgan fingerprint density at radius 1 is 0.774 bits per heavy atom. The molecule has 1 amide bonds. The molecule has 0 aromatic heterocycles. The smallest absolute Gasteiger partial charge is 0.243 e. The Bertz CT molecular complexity index is 927. The maximum Gasteiger partial charge on any atom is 0.243 e. The fourth-order valence-electron chi connectivity index (χ4n) is 3.04. The molecule has 0 atom stereocenters. The number of hydrogen-bond donors (Lipinski definition) is 2. The Hall–Kier alpha value is -3.47.